The SMILES string of the molecule is CC(C)c1nc(-c2ccc(Nc3nc(N4CCN(C)CC4)ccc3[N+](=O)[O-])cc2)cs1. The minimum absolute atomic E-state index is 0.0389. The van der Waals surface area contributed by atoms with E-state index in [1.54, 1.807) is 17.4 Å². The number of hydrogen-bond donors (Lipinski definition) is 1. The third-order valence-electron chi connectivity index (χ3n) is 5.34. The summed E-state index contributed by atoms with van der Waals surface area (Å²) in [5, 5.41) is 17.8. The van der Waals surface area contributed by atoms with Crippen molar-refractivity contribution in [2.45, 2.75) is 19.8 Å². The number of piperazine rings is 1. The van der Waals surface area contributed by atoms with E-state index in [0.29, 0.717) is 5.92 Å². The predicted octanol–water partition coefficient (Wildman–Crippen LogP) is 4.73. The van der Waals surface area contributed by atoms with Crippen molar-refractivity contribution in [3.63, 3.8) is 0 Å². The number of thiazole rings is 1. The molecule has 1 aliphatic rings. The fraction of sp³-hybridized carbons (Fsp3) is 0.364. The van der Waals surface area contributed by atoms with E-state index in [0.717, 1.165) is 53.9 Å². The Morgan fingerprint density at radius 2 is 1.77 bits per heavy atom. The summed E-state index contributed by atoms with van der Waals surface area (Å²) in [5.41, 5.74) is 2.67. The van der Waals surface area contributed by atoms with Crippen LogP contribution in [0.3, 0.4) is 0 Å². The van der Waals surface area contributed by atoms with Crippen molar-refractivity contribution in [1.29, 1.82) is 0 Å². The highest BCUT2D eigenvalue weighted by molar-refractivity contribution is 7.10. The van der Waals surface area contributed by atoms with Crippen molar-refractivity contribution >= 4 is 34.3 Å². The lowest BCUT2D eigenvalue weighted by molar-refractivity contribution is -0.384. The Morgan fingerprint density at radius 1 is 1.06 bits per heavy atom. The summed E-state index contributed by atoms with van der Waals surface area (Å²) < 4.78 is 0. The van der Waals surface area contributed by atoms with Crippen LogP contribution in [0.1, 0.15) is 24.8 Å². The molecule has 0 amide bonds. The molecule has 1 N–H and O–H groups in total. The molecule has 1 aliphatic heterocycles. The monoisotopic (exact) mass is 438 g/mol. The highest BCUT2D eigenvalue weighted by Crippen LogP contribution is 2.31. The van der Waals surface area contributed by atoms with Gasteiger partial charge in [-0.3, -0.25) is 10.1 Å². The maximum Gasteiger partial charge on any atom is 0.311 e. The van der Waals surface area contributed by atoms with Crippen LogP contribution in [-0.2, 0) is 0 Å². The molecule has 0 spiro atoms. The van der Waals surface area contributed by atoms with E-state index < -0.39 is 4.92 Å². The van der Waals surface area contributed by atoms with Crippen LogP contribution < -0.4 is 10.2 Å². The van der Waals surface area contributed by atoms with Gasteiger partial charge in [0.25, 0.3) is 0 Å². The summed E-state index contributed by atoms with van der Waals surface area (Å²) in [4.78, 5) is 24.8. The number of benzene rings is 1. The smallest absolute Gasteiger partial charge is 0.311 e. The molecule has 2 aromatic heterocycles. The summed E-state index contributed by atoms with van der Waals surface area (Å²) in [6.45, 7) is 7.84. The first-order valence-electron chi connectivity index (χ1n) is 10.3. The average Bonchev–Trinajstić information content (AvgIpc) is 3.25. The minimum atomic E-state index is -0.403. The first-order valence-corrected chi connectivity index (χ1v) is 11.2. The number of likely N-dealkylation sites (N-methyl/N-ethyl adjacent to an activating group) is 1. The van der Waals surface area contributed by atoms with E-state index in [9.17, 15) is 10.1 Å². The van der Waals surface area contributed by atoms with Crippen LogP contribution in [-0.4, -0.2) is 53.0 Å². The zero-order valence-electron chi connectivity index (χ0n) is 17.9. The number of pyridine rings is 1. The van der Waals surface area contributed by atoms with Crippen LogP contribution in [0.5, 0.6) is 0 Å². The molecule has 162 valence electrons. The summed E-state index contributed by atoms with van der Waals surface area (Å²) in [6, 6.07) is 11.0. The van der Waals surface area contributed by atoms with Gasteiger partial charge in [0.05, 0.1) is 15.6 Å². The van der Waals surface area contributed by atoms with Crippen LogP contribution in [0.4, 0.5) is 23.0 Å². The molecule has 0 aliphatic carbocycles. The zero-order valence-corrected chi connectivity index (χ0v) is 18.7. The van der Waals surface area contributed by atoms with Crippen molar-refractivity contribution in [1.82, 2.24) is 14.9 Å². The lowest BCUT2D eigenvalue weighted by atomic mass is 10.1. The summed E-state index contributed by atoms with van der Waals surface area (Å²) in [6.07, 6.45) is 0. The van der Waals surface area contributed by atoms with Gasteiger partial charge in [-0.25, -0.2) is 9.97 Å². The molecule has 1 saturated heterocycles. The number of nitro groups is 1. The molecule has 4 rings (SSSR count). The molecule has 9 heteroatoms. The van der Waals surface area contributed by atoms with Gasteiger partial charge in [-0.1, -0.05) is 26.0 Å². The summed E-state index contributed by atoms with van der Waals surface area (Å²) >= 11 is 1.66. The molecule has 1 aromatic carbocycles. The van der Waals surface area contributed by atoms with Crippen molar-refractivity contribution < 1.29 is 4.92 Å². The van der Waals surface area contributed by atoms with Crippen molar-refractivity contribution in [3.05, 3.63) is 56.9 Å². The maximum absolute atomic E-state index is 11.5. The number of anilines is 3. The molecule has 0 unspecified atom stereocenters. The van der Waals surface area contributed by atoms with Gasteiger partial charge in [0.15, 0.2) is 0 Å². The van der Waals surface area contributed by atoms with E-state index in [-0.39, 0.29) is 11.5 Å². The van der Waals surface area contributed by atoms with Crippen molar-refractivity contribution in [2.24, 2.45) is 0 Å². The Kier molecular flexibility index (Phi) is 6.15. The fourth-order valence-corrected chi connectivity index (χ4v) is 4.28. The van der Waals surface area contributed by atoms with Crippen LogP contribution in [0.15, 0.2) is 41.8 Å². The molecule has 8 nitrogen and oxygen atoms in total. The number of aromatic nitrogens is 2. The number of nitrogens with zero attached hydrogens (tertiary/aromatic N) is 5. The molecule has 3 heterocycles. The molecule has 1 fully saturated rings. The molecule has 31 heavy (non-hydrogen) atoms. The van der Waals surface area contributed by atoms with Gasteiger partial charge in [0.1, 0.15) is 5.82 Å². The summed E-state index contributed by atoms with van der Waals surface area (Å²) in [7, 11) is 2.09. The molecule has 0 radical (unpaired) electrons. The second kappa shape index (κ2) is 8.99. The standard InChI is InChI=1S/C22H26N6O2S/c1-15(2)22-24-18(14-31-22)16-4-6-17(7-5-16)23-21-19(28(29)30)8-9-20(25-21)27-12-10-26(3)11-13-27/h4-9,14-15H,10-13H2,1-3H3,(H,23,25). The van der Waals surface area contributed by atoms with Crippen molar-refractivity contribution in [2.75, 3.05) is 43.4 Å². The third-order valence-corrected chi connectivity index (χ3v) is 6.49. The first kappa shape index (κ1) is 21.2. The topological polar surface area (TPSA) is 87.4 Å². The van der Waals surface area contributed by atoms with Gasteiger partial charge in [-0.15, -0.1) is 11.3 Å². The number of hydrogen-bond acceptors (Lipinski definition) is 8. The zero-order chi connectivity index (χ0) is 22.0. The van der Waals surface area contributed by atoms with E-state index in [4.69, 9.17) is 0 Å². The highest BCUT2D eigenvalue weighted by atomic mass is 32.1. The van der Waals surface area contributed by atoms with Gasteiger partial charge in [-0.2, -0.15) is 0 Å². The Balaban J connectivity index is 1.55. The Labute approximate surface area is 185 Å². The van der Waals surface area contributed by atoms with Crippen LogP contribution in [0.2, 0.25) is 0 Å². The molecular formula is C22H26N6O2S. The largest absolute Gasteiger partial charge is 0.354 e. The van der Waals surface area contributed by atoms with Crippen LogP contribution in [0.25, 0.3) is 11.3 Å². The van der Waals surface area contributed by atoms with E-state index in [2.05, 4.69) is 51.4 Å². The molecule has 0 atom stereocenters. The van der Waals surface area contributed by atoms with Gasteiger partial charge >= 0.3 is 5.69 Å². The second-order valence-corrected chi connectivity index (χ2v) is 8.90. The van der Waals surface area contributed by atoms with Gasteiger partial charge in [-0.05, 0) is 25.2 Å². The molecule has 0 bridgehead atoms. The van der Waals surface area contributed by atoms with Crippen LogP contribution in [0, 0.1) is 10.1 Å². The number of rotatable bonds is 6. The average molecular weight is 439 g/mol. The van der Waals surface area contributed by atoms with Gasteiger partial charge in [0, 0.05) is 54.8 Å². The Bertz CT molecular complexity index is 1060. The third kappa shape index (κ3) is 4.83. The van der Waals surface area contributed by atoms with E-state index in [1.807, 2.05) is 24.3 Å². The normalized spacial score (nSPS) is 14.8. The van der Waals surface area contributed by atoms with E-state index >= 15 is 0 Å². The summed E-state index contributed by atoms with van der Waals surface area (Å²) in [5.74, 6) is 1.41. The highest BCUT2D eigenvalue weighted by Gasteiger charge is 2.21. The van der Waals surface area contributed by atoms with Gasteiger partial charge in [0.2, 0.25) is 5.82 Å². The minimum Gasteiger partial charge on any atom is -0.354 e. The quantitative estimate of drug-likeness (QED) is 0.440. The van der Waals surface area contributed by atoms with Gasteiger partial charge < -0.3 is 15.1 Å². The Morgan fingerprint density at radius 3 is 2.39 bits per heavy atom. The molecule has 0 saturated carbocycles. The maximum atomic E-state index is 11.5. The number of nitrogens with one attached hydrogen (secondary N) is 1. The Hall–Kier alpha value is -3.04. The second-order valence-electron chi connectivity index (χ2n) is 8.01. The molecule has 3 aromatic rings. The first-order chi connectivity index (χ1) is 14.9. The molecular weight excluding hydrogens is 412 g/mol. The predicted molar refractivity (Wildman–Crippen MR) is 126 cm³/mol. The van der Waals surface area contributed by atoms with Crippen LogP contribution >= 0.6 is 11.3 Å². The fourth-order valence-electron chi connectivity index (χ4n) is 3.44. The lowest BCUT2D eigenvalue weighted by Crippen LogP contribution is -2.44. The van der Waals surface area contributed by atoms with Crippen molar-refractivity contribution in [3.8, 4) is 11.3 Å². The van der Waals surface area contributed by atoms with E-state index in [1.165, 1.54) is 6.07 Å². The lowest BCUT2D eigenvalue weighted by Gasteiger charge is -2.33.